The first-order chi connectivity index (χ1) is 8.65. The van der Waals surface area contributed by atoms with Gasteiger partial charge < -0.3 is 0 Å². The molecule has 0 saturated heterocycles. The van der Waals surface area contributed by atoms with Gasteiger partial charge in [-0.1, -0.05) is 0 Å². The standard InChI is InChI=1S/C14H12FN3/c1-9-3-4-18-13(5-9)10(2)14(17-18)11-6-12(15)8-16-7-11/h3-8H,1-2H3. The predicted molar refractivity (Wildman–Crippen MR) is 67.9 cm³/mol. The number of fused-ring (bicyclic) bond motifs is 1. The molecule has 0 aliphatic carbocycles. The summed E-state index contributed by atoms with van der Waals surface area (Å²) in [5, 5.41) is 4.47. The summed E-state index contributed by atoms with van der Waals surface area (Å²) < 4.78 is 15.0. The molecule has 18 heavy (non-hydrogen) atoms. The Labute approximate surface area is 104 Å². The molecule has 0 radical (unpaired) electrons. The van der Waals surface area contributed by atoms with Gasteiger partial charge in [-0.3, -0.25) is 4.98 Å². The van der Waals surface area contributed by atoms with Crippen molar-refractivity contribution in [3.8, 4) is 11.3 Å². The molecule has 0 N–H and O–H groups in total. The van der Waals surface area contributed by atoms with E-state index in [9.17, 15) is 4.39 Å². The Kier molecular flexibility index (Phi) is 2.37. The van der Waals surface area contributed by atoms with Crippen LogP contribution in [0.1, 0.15) is 11.1 Å². The maximum absolute atomic E-state index is 13.2. The van der Waals surface area contributed by atoms with Crippen molar-refractivity contribution in [1.82, 2.24) is 14.6 Å². The summed E-state index contributed by atoms with van der Waals surface area (Å²) in [5.74, 6) is -0.347. The van der Waals surface area contributed by atoms with Gasteiger partial charge in [-0.05, 0) is 37.6 Å². The second kappa shape index (κ2) is 3.91. The predicted octanol–water partition coefficient (Wildman–Crippen LogP) is 3.15. The van der Waals surface area contributed by atoms with E-state index in [1.807, 2.05) is 30.6 Å². The largest absolute Gasteiger partial charge is 0.261 e. The van der Waals surface area contributed by atoms with E-state index in [4.69, 9.17) is 0 Å². The lowest BCUT2D eigenvalue weighted by molar-refractivity contribution is 0.622. The van der Waals surface area contributed by atoms with Gasteiger partial charge in [-0.25, -0.2) is 8.91 Å². The van der Waals surface area contributed by atoms with Gasteiger partial charge in [0.1, 0.15) is 5.82 Å². The maximum atomic E-state index is 13.2. The molecule has 4 heteroatoms. The molecule has 0 amide bonds. The number of aromatic nitrogens is 3. The number of rotatable bonds is 1. The number of halogens is 1. The van der Waals surface area contributed by atoms with Crippen LogP contribution >= 0.6 is 0 Å². The van der Waals surface area contributed by atoms with Crippen LogP contribution in [0.5, 0.6) is 0 Å². The molecular formula is C14H12FN3. The monoisotopic (exact) mass is 241 g/mol. The molecule has 0 saturated carbocycles. The molecule has 3 nitrogen and oxygen atoms in total. The Morgan fingerprint density at radius 2 is 2.00 bits per heavy atom. The first kappa shape index (κ1) is 10.9. The second-order valence-corrected chi connectivity index (χ2v) is 4.40. The Hall–Kier alpha value is -2.23. The molecule has 0 aliphatic heterocycles. The van der Waals surface area contributed by atoms with E-state index in [-0.39, 0.29) is 5.82 Å². The SMILES string of the molecule is Cc1ccn2nc(-c3cncc(F)c3)c(C)c2c1. The summed E-state index contributed by atoms with van der Waals surface area (Å²) in [5.41, 5.74) is 4.72. The van der Waals surface area contributed by atoms with Gasteiger partial charge in [-0.2, -0.15) is 5.10 Å². The highest BCUT2D eigenvalue weighted by atomic mass is 19.1. The molecule has 0 fully saturated rings. The number of hydrogen-bond acceptors (Lipinski definition) is 2. The topological polar surface area (TPSA) is 30.2 Å². The highest BCUT2D eigenvalue weighted by molar-refractivity contribution is 5.72. The minimum absolute atomic E-state index is 0.347. The number of aryl methyl sites for hydroxylation is 2. The zero-order chi connectivity index (χ0) is 12.7. The lowest BCUT2D eigenvalue weighted by atomic mass is 10.1. The van der Waals surface area contributed by atoms with Crippen LogP contribution in [0.15, 0.2) is 36.8 Å². The van der Waals surface area contributed by atoms with Crippen molar-refractivity contribution in [3.05, 3.63) is 53.7 Å². The molecule has 0 unspecified atom stereocenters. The van der Waals surface area contributed by atoms with Crippen molar-refractivity contribution in [2.75, 3.05) is 0 Å². The molecular weight excluding hydrogens is 229 g/mol. The molecule has 0 aliphatic rings. The van der Waals surface area contributed by atoms with Crippen LogP contribution in [0.25, 0.3) is 16.8 Å². The second-order valence-electron chi connectivity index (χ2n) is 4.40. The summed E-state index contributed by atoms with van der Waals surface area (Å²) in [6.45, 7) is 4.03. The number of nitrogens with zero attached hydrogens (tertiary/aromatic N) is 3. The lowest BCUT2D eigenvalue weighted by Crippen LogP contribution is -1.87. The van der Waals surface area contributed by atoms with Crippen molar-refractivity contribution in [2.24, 2.45) is 0 Å². The van der Waals surface area contributed by atoms with Gasteiger partial charge in [0.25, 0.3) is 0 Å². The molecule has 0 atom stereocenters. The molecule has 3 heterocycles. The molecule has 3 rings (SSSR count). The third-order valence-electron chi connectivity index (χ3n) is 3.02. The molecule has 0 bridgehead atoms. The quantitative estimate of drug-likeness (QED) is 0.655. The number of pyridine rings is 2. The molecule has 3 aromatic heterocycles. The van der Waals surface area contributed by atoms with E-state index in [2.05, 4.69) is 16.1 Å². The smallest absolute Gasteiger partial charge is 0.142 e. The van der Waals surface area contributed by atoms with Gasteiger partial charge in [0.05, 0.1) is 17.4 Å². The van der Waals surface area contributed by atoms with Crippen molar-refractivity contribution in [1.29, 1.82) is 0 Å². The average molecular weight is 241 g/mol. The zero-order valence-corrected chi connectivity index (χ0v) is 10.2. The summed E-state index contributed by atoms with van der Waals surface area (Å²) >= 11 is 0. The van der Waals surface area contributed by atoms with Crippen LogP contribution in [0.4, 0.5) is 4.39 Å². The summed E-state index contributed by atoms with van der Waals surface area (Å²) in [6, 6.07) is 5.51. The van der Waals surface area contributed by atoms with Crippen LogP contribution in [-0.2, 0) is 0 Å². The van der Waals surface area contributed by atoms with Gasteiger partial charge >= 0.3 is 0 Å². The highest BCUT2D eigenvalue weighted by Crippen LogP contribution is 2.25. The van der Waals surface area contributed by atoms with Gasteiger partial charge in [0.15, 0.2) is 0 Å². The minimum Gasteiger partial charge on any atom is -0.261 e. The minimum atomic E-state index is -0.347. The van der Waals surface area contributed by atoms with Gasteiger partial charge in [0, 0.05) is 23.5 Å². The van der Waals surface area contributed by atoms with Gasteiger partial charge in [0.2, 0.25) is 0 Å². The van der Waals surface area contributed by atoms with Gasteiger partial charge in [-0.15, -0.1) is 0 Å². The Morgan fingerprint density at radius 3 is 2.78 bits per heavy atom. The molecule has 0 aromatic carbocycles. The fourth-order valence-electron chi connectivity index (χ4n) is 2.09. The van der Waals surface area contributed by atoms with Crippen molar-refractivity contribution >= 4 is 5.52 Å². The van der Waals surface area contributed by atoms with E-state index in [1.165, 1.54) is 17.8 Å². The first-order valence-corrected chi connectivity index (χ1v) is 5.71. The van der Waals surface area contributed by atoms with Crippen molar-refractivity contribution in [2.45, 2.75) is 13.8 Å². The van der Waals surface area contributed by atoms with Crippen LogP contribution < -0.4 is 0 Å². The summed E-state index contributed by atoms with van der Waals surface area (Å²) in [4.78, 5) is 3.87. The molecule has 90 valence electrons. The fourth-order valence-corrected chi connectivity index (χ4v) is 2.09. The van der Waals surface area contributed by atoms with Crippen LogP contribution in [-0.4, -0.2) is 14.6 Å². The Bertz CT molecular complexity index is 731. The number of hydrogen-bond donors (Lipinski definition) is 0. The van der Waals surface area contributed by atoms with Crippen molar-refractivity contribution in [3.63, 3.8) is 0 Å². The summed E-state index contributed by atoms with van der Waals surface area (Å²) in [6.07, 6.45) is 4.73. The maximum Gasteiger partial charge on any atom is 0.142 e. The molecule has 3 aromatic rings. The van der Waals surface area contributed by atoms with E-state index >= 15 is 0 Å². The van der Waals surface area contributed by atoms with Crippen LogP contribution in [0.2, 0.25) is 0 Å². The van der Waals surface area contributed by atoms with E-state index in [0.29, 0.717) is 5.56 Å². The first-order valence-electron chi connectivity index (χ1n) is 5.71. The average Bonchev–Trinajstić information content (AvgIpc) is 2.67. The molecule has 0 spiro atoms. The summed E-state index contributed by atoms with van der Waals surface area (Å²) in [7, 11) is 0. The fraction of sp³-hybridized carbons (Fsp3) is 0.143. The van der Waals surface area contributed by atoms with E-state index in [0.717, 1.165) is 16.8 Å². The van der Waals surface area contributed by atoms with Crippen LogP contribution in [0.3, 0.4) is 0 Å². The third kappa shape index (κ3) is 1.66. The Morgan fingerprint density at radius 1 is 1.17 bits per heavy atom. The Balaban J connectivity index is 2.27. The van der Waals surface area contributed by atoms with Crippen LogP contribution in [0, 0.1) is 19.7 Å². The van der Waals surface area contributed by atoms with Crippen molar-refractivity contribution < 1.29 is 4.39 Å². The highest BCUT2D eigenvalue weighted by Gasteiger charge is 2.11. The third-order valence-corrected chi connectivity index (χ3v) is 3.02. The zero-order valence-electron chi connectivity index (χ0n) is 10.2. The normalized spacial score (nSPS) is 11.1. The van der Waals surface area contributed by atoms with E-state index in [1.54, 1.807) is 6.20 Å². The van der Waals surface area contributed by atoms with E-state index < -0.39 is 0 Å². The lowest BCUT2D eigenvalue weighted by Gasteiger charge is -1.97.